The van der Waals surface area contributed by atoms with Crippen LogP contribution in [0, 0.1) is 0 Å². The molecule has 0 saturated heterocycles. The first-order valence-corrected chi connectivity index (χ1v) is 7.92. The van der Waals surface area contributed by atoms with Crippen molar-refractivity contribution in [1.82, 2.24) is 4.31 Å². The fraction of sp³-hybridized carbons (Fsp3) is 0.143. The molecule has 3 N–H and O–H groups in total. The van der Waals surface area contributed by atoms with Gasteiger partial charge in [-0.25, -0.2) is 8.42 Å². The summed E-state index contributed by atoms with van der Waals surface area (Å²) in [5.41, 5.74) is 6.46. The summed E-state index contributed by atoms with van der Waals surface area (Å²) in [4.78, 5) is -0.0173. The summed E-state index contributed by atoms with van der Waals surface area (Å²) in [5, 5.41) is 9.79. The molecule has 0 unspecified atom stereocenters. The van der Waals surface area contributed by atoms with E-state index in [4.69, 9.17) is 17.3 Å². The molecule has 5 nitrogen and oxygen atoms in total. The molecule has 0 aliphatic heterocycles. The van der Waals surface area contributed by atoms with Gasteiger partial charge >= 0.3 is 0 Å². The molecule has 7 heteroatoms. The number of phenolic OH excluding ortho intramolecular Hbond substituents is 1. The van der Waals surface area contributed by atoms with Crippen LogP contribution in [0.25, 0.3) is 0 Å². The second kappa shape index (κ2) is 5.93. The van der Waals surface area contributed by atoms with Gasteiger partial charge in [-0.05, 0) is 24.3 Å². The summed E-state index contributed by atoms with van der Waals surface area (Å²) >= 11 is 5.96. The third-order valence-corrected chi connectivity index (χ3v) is 5.32. The van der Waals surface area contributed by atoms with E-state index in [1.165, 1.54) is 31.3 Å². The normalized spacial score (nSPS) is 11.8. The average molecular weight is 327 g/mol. The first kappa shape index (κ1) is 15.6. The molecule has 0 amide bonds. The fourth-order valence-corrected chi connectivity index (χ4v) is 3.54. The molecule has 0 aliphatic carbocycles. The van der Waals surface area contributed by atoms with E-state index in [0.717, 1.165) is 4.31 Å². The van der Waals surface area contributed by atoms with Gasteiger partial charge in [0, 0.05) is 24.8 Å². The number of aromatic hydroxyl groups is 1. The molecule has 0 saturated carbocycles. The Morgan fingerprint density at radius 3 is 2.52 bits per heavy atom. The maximum Gasteiger partial charge on any atom is 0.244 e. The van der Waals surface area contributed by atoms with Gasteiger partial charge < -0.3 is 10.8 Å². The Labute approximate surface area is 128 Å². The second-order valence-corrected chi connectivity index (χ2v) is 7.00. The first-order chi connectivity index (χ1) is 9.82. The smallest absolute Gasteiger partial charge is 0.244 e. The molecule has 0 bridgehead atoms. The van der Waals surface area contributed by atoms with Gasteiger partial charge in [0.25, 0.3) is 0 Å². The van der Waals surface area contributed by atoms with Gasteiger partial charge in [0.05, 0.1) is 5.02 Å². The van der Waals surface area contributed by atoms with Crippen molar-refractivity contribution in [3.05, 3.63) is 53.1 Å². The predicted molar refractivity (Wildman–Crippen MR) is 82.6 cm³/mol. The zero-order valence-electron chi connectivity index (χ0n) is 11.3. The van der Waals surface area contributed by atoms with Gasteiger partial charge in [-0.3, -0.25) is 0 Å². The third kappa shape index (κ3) is 3.29. The Hall–Kier alpha value is -1.76. The number of hydrogen-bond donors (Lipinski definition) is 2. The summed E-state index contributed by atoms with van der Waals surface area (Å²) in [6.07, 6.45) is 0. The zero-order chi connectivity index (χ0) is 15.6. The van der Waals surface area contributed by atoms with E-state index in [2.05, 4.69) is 0 Å². The van der Waals surface area contributed by atoms with Crippen LogP contribution in [0.3, 0.4) is 0 Å². The molecule has 0 aliphatic rings. The minimum atomic E-state index is -3.77. The molecule has 0 atom stereocenters. The van der Waals surface area contributed by atoms with E-state index in [0.29, 0.717) is 11.3 Å². The molecule has 112 valence electrons. The van der Waals surface area contributed by atoms with Crippen LogP contribution in [-0.4, -0.2) is 24.9 Å². The Morgan fingerprint density at radius 2 is 1.90 bits per heavy atom. The number of rotatable bonds is 4. The Balaban J connectivity index is 2.33. The molecule has 21 heavy (non-hydrogen) atoms. The SMILES string of the molecule is CN(Cc1ccccc1O)S(=O)(=O)c1ccc(N)cc1Cl. The van der Waals surface area contributed by atoms with Crippen LogP contribution in [0.2, 0.25) is 5.02 Å². The van der Waals surface area contributed by atoms with E-state index in [9.17, 15) is 13.5 Å². The van der Waals surface area contributed by atoms with Gasteiger partial charge in [-0.2, -0.15) is 4.31 Å². The molecular formula is C14H15ClN2O3S. The third-order valence-electron chi connectivity index (χ3n) is 3.03. The molecule has 0 heterocycles. The van der Waals surface area contributed by atoms with Crippen LogP contribution in [-0.2, 0) is 16.6 Å². The first-order valence-electron chi connectivity index (χ1n) is 6.10. The van der Waals surface area contributed by atoms with Crippen molar-refractivity contribution < 1.29 is 13.5 Å². The summed E-state index contributed by atoms with van der Waals surface area (Å²) in [6.45, 7) is 0.0374. The van der Waals surface area contributed by atoms with Gasteiger partial charge in [0.1, 0.15) is 10.6 Å². The van der Waals surface area contributed by atoms with Gasteiger partial charge in [0.15, 0.2) is 0 Å². The number of anilines is 1. The monoisotopic (exact) mass is 326 g/mol. The molecule has 0 radical (unpaired) electrons. The van der Waals surface area contributed by atoms with Crippen molar-refractivity contribution in [2.45, 2.75) is 11.4 Å². The Bertz CT molecular complexity index is 763. The zero-order valence-corrected chi connectivity index (χ0v) is 12.9. The van der Waals surface area contributed by atoms with Crippen LogP contribution in [0.5, 0.6) is 5.75 Å². The maximum atomic E-state index is 12.5. The number of phenols is 1. The fourth-order valence-electron chi connectivity index (χ4n) is 1.86. The van der Waals surface area contributed by atoms with Gasteiger partial charge in [-0.1, -0.05) is 29.8 Å². The van der Waals surface area contributed by atoms with E-state index < -0.39 is 10.0 Å². The van der Waals surface area contributed by atoms with Gasteiger partial charge in [0.2, 0.25) is 10.0 Å². The average Bonchev–Trinajstić information content (AvgIpc) is 2.40. The number of halogens is 1. The maximum absolute atomic E-state index is 12.5. The second-order valence-electron chi connectivity index (χ2n) is 4.58. The van der Waals surface area contributed by atoms with Crippen molar-refractivity contribution in [2.75, 3.05) is 12.8 Å². The number of nitrogens with two attached hydrogens (primary N) is 1. The highest BCUT2D eigenvalue weighted by atomic mass is 35.5. The number of benzene rings is 2. The van der Waals surface area contributed by atoms with Gasteiger partial charge in [-0.15, -0.1) is 0 Å². The van der Waals surface area contributed by atoms with Crippen LogP contribution < -0.4 is 5.73 Å². The van der Waals surface area contributed by atoms with Crippen molar-refractivity contribution in [3.63, 3.8) is 0 Å². The van der Waals surface area contributed by atoms with Crippen LogP contribution >= 0.6 is 11.6 Å². The Kier molecular flexibility index (Phi) is 4.41. The molecule has 0 fully saturated rings. The van der Waals surface area contributed by atoms with Crippen molar-refractivity contribution in [1.29, 1.82) is 0 Å². The quantitative estimate of drug-likeness (QED) is 0.845. The summed E-state index contributed by atoms with van der Waals surface area (Å²) in [7, 11) is -2.34. The Morgan fingerprint density at radius 1 is 1.24 bits per heavy atom. The van der Waals surface area contributed by atoms with E-state index >= 15 is 0 Å². The van der Waals surface area contributed by atoms with E-state index in [1.54, 1.807) is 18.2 Å². The number of hydrogen-bond acceptors (Lipinski definition) is 4. The lowest BCUT2D eigenvalue weighted by Gasteiger charge is -2.18. The summed E-state index contributed by atoms with van der Waals surface area (Å²) < 4.78 is 26.1. The highest BCUT2D eigenvalue weighted by Gasteiger charge is 2.24. The number of nitrogens with zero attached hydrogens (tertiary/aromatic N) is 1. The highest BCUT2D eigenvalue weighted by molar-refractivity contribution is 7.89. The lowest BCUT2D eigenvalue weighted by atomic mass is 10.2. The summed E-state index contributed by atoms with van der Waals surface area (Å²) in [5.74, 6) is 0.0444. The minimum absolute atomic E-state index is 0.0173. The molecule has 0 aromatic heterocycles. The predicted octanol–water partition coefficient (Wildman–Crippen LogP) is 2.45. The number of sulfonamides is 1. The number of nitrogen functional groups attached to an aromatic ring is 1. The number of para-hydroxylation sites is 1. The molecular weight excluding hydrogens is 312 g/mol. The minimum Gasteiger partial charge on any atom is -0.508 e. The van der Waals surface area contributed by atoms with E-state index in [-0.39, 0.29) is 22.2 Å². The van der Waals surface area contributed by atoms with Crippen molar-refractivity contribution in [3.8, 4) is 5.75 Å². The van der Waals surface area contributed by atoms with Crippen molar-refractivity contribution in [2.24, 2.45) is 0 Å². The molecule has 2 rings (SSSR count). The molecule has 2 aromatic rings. The lowest BCUT2D eigenvalue weighted by Crippen LogP contribution is -2.26. The molecule has 0 spiro atoms. The summed E-state index contributed by atoms with van der Waals surface area (Å²) in [6, 6.07) is 10.8. The van der Waals surface area contributed by atoms with Crippen LogP contribution in [0.1, 0.15) is 5.56 Å². The largest absolute Gasteiger partial charge is 0.508 e. The van der Waals surface area contributed by atoms with Crippen LogP contribution in [0.4, 0.5) is 5.69 Å². The highest BCUT2D eigenvalue weighted by Crippen LogP contribution is 2.27. The van der Waals surface area contributed by atoms with Crippen LogP contribution in [0.15, 0.2) is 47.4 Å². The van der Waals surface area contributed by atoms with Crippen molar-refractivity contribution >= 4 is 27.3 Å². The lowest BCUT2D eigenvalue weighted by molar-refractivity contribution is 0.436. The topological polar surface area (TPSA) is 83.6 Å². The standard InChI is InChI=1S/C14H15ClN2O3S/c1-17(9-10-4-2-3-5-13(10)18)21(19,20)14-7-6-11(16)8-12(14)15/h2-8,18H,9,16H2,1H3. The van der Waals surface area contributed by atoms with E-state index in [1.807, 2.05) is 0 Å². The molecule has 2 aromatic carbocycles.